The van der Waals surface area contributed by atoms with Gasteiger partial charge in [0.25, 0.3) is 0 Å². The molecule has 0 aliphatic carbocycles. The molecule has 0 radical (unpaired) electrons. The lowest BCUT2D eigenvalue weighted by Gasteiger charge is -2.08. The fourth-order valence-electron chi connectivity index (χ4n) is 1.33. The van der Waals surface area contributed by atoms with E-state index < -0.39 is 5.82 Å². The number of benzene rings is 1. The minimum atomic E-state index is -0.413. The SMILES string of the molecule is CCCCC(=O)Nc1cc(NC)ccc1F. The normalized spacial score (nSPS) is 9.94. The third-order valence-electron chi connectivity index (χ3n) is 2.29. The molecule has 0 atom stereocenters. The Bertz CT molecular complexity index is 366. The van der Waals surface area contributed by atoms with E-state index in [1.807, 2.05) is 6.92 Å². The summed E-state index contributed by atoms with van der Waals surface area (Å²) >= 11 is 0. The fourth-order valence-corrected chi connectivity index (χ4v) is 1.33. The quantitative estimate of drug-likeness (QED) is 0.807. The minimum Gasteiger partial charge on any atom is -0.388 e. The molecular formula is C12H17FN2O. The van der Waals surface area contributed by atoms with Crippen molar-refractivity contribution in [1.82, 2.24) is 0 Å². The average molecular weight is 224 g/mol. The monoisotopic (exact) mass is 224 g/mol. The zero-order valence-corrected chi connectivity index (χ0v) is 9.64. The Morgan fingerprint density at radius 1 is 1.44 bits per heavy atom. The Hall–Kier alpha value is -1.58. The van der Waals surface area contributed by atoms with Crippen LogP contribution in [-0.2, 0) is 4.79 Å². The highest BCUT2D eigenvalue weighted by molar-refractivity contribution is 5.91. The zero-order valence-electron chi connectivity index (χ0n) is 9.64. The van der Waals surface area contributed by atoms with Gasteiger partial charge >= 0.3 is 0 Å². The number of nitrogens with one attached hydrogen (secondary N) is 2. The van der Waals surface area contributed by atoms with E-state index in [1.54, 1.807) is 19.2 Å². The van der Waals surface area contributed by atoms with E-state index >= 15 is 0 Å². The van der Waals surface area contributed by atoms with Crippen LogP contribution in [0.25, 0.3) is 0 Å². The van der Waals surface area contributed by atoms with Crippen molar-refractivity contribution in [1.29, 1.82) is 0 Å². The van der Waals surface area contributed by atoms with Gasteiger partial charge in [-0.2, -0.15) is 0 Å². The number of rotatable bonds is 5. The van der Waals surface area contributed by atoms with Gasteiger partial charge in [0, 0.05) is 19.2 Å². The summed E-state index contributed by atoms with van der Waals surface area (Å²) in [6.07, 6.45) is 2.20. The van der Waals surface area contributed by atoms with E-state index in [0.29, 0.717) is 6.42 Å². The molecule has 4 heteroatoms. The number of carbonyl (C=O) groups is 1. The van der Waals surface area contributed by atoms with Crippen molar-refractivity contribution < 1.29 is 9.18 Å². The van der Waals surface area contributed by atoms with E-state index in [1.165, 1.54) is 6.07 Å². The van der Waals surface area contributed by atoms with E-state index in [4.69, 9.17) is 0 Å². The first-order valence-corrected chi connectivity index (χ1v) is 5.44. The molecule has 0 heterocycles. The lowest BCUT2D eigenvalue weighted by atomic mass is 10.2. The summed E-state index contributed by atoms with van der Waals surface area (Å²) < 4.78 is 13.3. The van der Waals surface area contributed by atoms with Crippen molar-refractivity contribution in [3.8, 4) is 0 Å². The molecule has 0 unspecified atom stereocenters. The fraction of sp³-hybridized carbons (Fsp3) is 0.417. The maximum atomic E-state index is 13.3. The van der Waals surface area contributed by atoms with Gasteiger partial charge in [-0.25, -0.2) is 4.39 Å². The molecule has 2 N–H and O–H groups in total. The number of amides is 1. The average Bonchev–Trinajstić information content (AvgIpc) is 2.29. The van der Waals surface area contributed by atoms with Crippen LogP contribution in [0.5, 0.6) is 0 Å². The highest BCUT2D eigenvalue weighted by atomic mass is 19.1. The minimum absolute atomic E-state index is 0.144. The van der Waals surface area contributed by atoms with Gasteiger partial charge in [0.05, 0.1) is 5.69 Å². The maximum Gasteiger partial charge on any atom is 0.224 e. The second-order valence-electron chi connectivity index (χ2n) is 3.60. The molecule has 1 rings (SSSR count). The second-order valence-corrected chi connectivity index (χ2v) is 3.60. The molecular weight excluding hydrogens is 207 g/mol. The molecule has 3 nitrogen and oxygen atoms in total. The Labute approximate surface area is 95.0 Å². The van der Waals surface area contributed by atoms with Crippen molar-refractivity contribution in [2.24, 2.45) is 0 Å². The van der Waals surface area contributed by atoms with Gasteiger partial charge in [-0.1, -0.05) is 13.3 Å². The summed E-state index contributed by atoms with van der Waals surface area (Å²) in [4.78, 5) is 11.4. The predicted octanol–water partition coefficient (Wildman–Crippen LogP) is 3.00. The number of hydrogen-bond acceptors (Lipinski definition) is 2. The Morgan fingerprint density at radius 2 is 2.19 bits per heavy atom. The summed E-state index contributed by atoms with van der Waals surface area (Å²) in [7, 11) is 1.75. The lowest BCUT2D eigenvalue weighted by Crippen LogP contribution is -2.12. The first-order chi connectivity index (χ1) is 7.67. The predicted molar refractivity (Wildman–Crippen MR) is 64.1 cm³/mol. The van der Waals surface area contributed by atoms with Crippen molar-refractivity contribution in [2.75, 3.05) is 17.7 Å². The molecule has 0 bridgehead atoms. The molecule has 0 aromatic heterocycles. The molecule has 0 spiro atoms. The van der Waals surface area contributed by atoms with Gasteiger partial charge in [0.15, 0.2) is 0 Å². The number of carbonyl (C=O) groups excluding carboxylic acids is 1. The van der Waals surface area contributed by atoms with Crippen LogP contribution >= 0.6 is 0 Å². The van der Waals surface area contributed by atoms with Crippen molar-refractivity contribution in [2.45, 2.75) is 26.2 Å². The summed E-state index contributed by atoms with van der Waals surface area (Å²) in [6.45, 7) is 2.01. The van der Waals surface area contributed by atoms with Crippen LogP contribution in [0.15, 0.2) is 18.2 Å². The third kappa shape index (κ3) is 3.53. The molecule has 1 amide bonds. The largest absolute Gasteiger partial charge is 0.388 e. The van der Waals surface area contributed by atoms with Crippen LogP contribution in [0, 0.1) is 5.82 Å². The second kappa shape index (κ2) is 6.10. The van der Waals surface area contributed by atoms with Crippen LogP contribution in [0.1, 0.15) is 26.2 Å². The van der Waals surface area contributed by atoms with Crippen LogP contribution in [0.2, 0.25) is 0 Å². The molecule has 0 fully saturated rings. The summed E-state index contributed by atoms with van der Waals surface area (Å²) in [5, 5.41) is 5.46. The summed E-state index contributed by atoms with van der Waals surface area (Å²) in [5.41, 5.74) is 1.00. The van der Waals surface area contributed by atoms with Crippen LogP contribution < -0.4 is 10.6 Å². The number of hydrogen-bond donors (Lipinski definition) is 2. The lowest BCUT2D eigenvalue weighted by molar-refractivity contribution is -0.116. The standard InChI is InChI=1S/C12H17FN2O/c1-3-4-5-12(16)15-11-8-9(14-2)6-7-10(11)13/h6-8,14H,3-5H2,1-2H3,(H,15,16). The van der Waals surface area contributed by atoms with Crippen LogP contribution in [0.3, 0.4) is 0 Å². The van der Waals surface area contributed by atoms with Gasteiger partial charge in [-0.3, -0.25) is 4.79 Å². The number of halogens is 1. The zero-order chi connectivity index (χ0) is 12.0. The molecule has 0 aliphatic heterocycles. The smallest absolute Gasteiger partial charge is 0.224 e. The summed E-state index contributed by atoms with van der Waals surface area (Å²) in [5.74, 6) is -0.558. The molecule has 0 aliphatic rings. The van der Waals surface area contributed by atoms with Crippen molar-refractivity contribution >= 4 is 17.3 Å². The first-order valence-electron chi connectivity index (χ1n) is 5.44. The van der Waals surface area contributed by atoms with E-state index in [2.05, 4.69) is 10.6 Å². The highest BCUT2D eigenvalue weighted by Crippen LogP contribution is 2.19. The first kappa shape index (κ1) is 12.5. The topological polar surface area (TPSA) is 41.1 Å². The molecule has 16 heavy (non-hydrogen) atoms. The van der Waals surface area contributed by atoms with E-state index in [0.717, 1.165) is 18.5 Å². The van der Waals surface area contributed by atoms with Gasteiger partial charge in [-0.15, -0.1) is 0 Å². The van der Waals surface area contributed by atoms with Gasteiger partial charge in [0.1, 0.15) is 5.82 Å². The molecule has 88 valence electrons. The molecule has 0 saturated heterocycles. The Morgan fingerprint density at radius 3 is 2.81 bits per heavy atom. The number of anilines is 2. The summed E-state index contributed by atoms with van der Waals surface area (Å²) in [6, 6.07) is 4.54. The van der Waals surface area contributed by atoms with Gasteiger partial charge in [-0.05, 0) is 24.6 Å². The maximum absolute atomic E-state index is 13.3. The number of unbranched alkanes of at least 4 members (excludes halogenated alkanes) is 1. The molecule has 1 aromatic carbocycles. The highest BCUT2D eigenvalue weighted by Gasteiger charge is 2.07. The van der Waals surface area contributed by atoms with Crippen LogP contribution in [-0.4, -0.2) is 13.0 Å². The van der Waals surface area contributed by atoms with Crippen molar-refractivity contribution in [3.05, 3.63) is 24.0 Å². The van der Waals surface area contributed by atoms with E-state index in [9.17, 15) is 9.18 Å². The Balaban J connectivity index is 2.68. The van der Waals surface area contributed by atoms with Gasteiger partial charge in [0.2, 0.25) is 5.91 Å². The van der Waals surface area contributed by atoms with Crippen LogP contribution in [0.4, 0.5) is 15.8 Å². The van der Waals surface area contributed by atoms with E-state index in [-0.39, 0.29) is 11.6 Å². The van der Waals surface area contributed by atoms with Gasteiger partial charge < -0.3 is 10.6 Å². The molecule has 0 saturated carbocycles. The molecule has 1 aromatic rings. The Kier molecular flexibility index (Phi) is 4.76. The van der Waals surface area contributed by atoms with Crippen molar-refractivity contribution in [3.63, 3.8) is 0 Å². The third-order valence-corrected chi connectivity index (χ3v) is 2.29.